The second-order valence-corrected chi connectivity index (χ2v) is 6.84. The first-order valence-electron chi connectivity index (χ1n) is 7.20. The van der Waals surface area contributed by atoms with Crippen molar-refractivity contribution in [2.24, 2.45) is 13.0 Å². The molecule has 110 valence electrons. The van der Waals surface area contributed by atoms with Gasteiger partial charge < -0.3 is 5.32 Å². The summed E-state index contributed by atoms with van der Waals surface area (Å²) in [6.07, 6.45) is 3.04. The lowest BCUT2D eigenvalue weighted by molar-refractivity contribution is 0.391. The molecule has 0 saturated heterocycles. The molecule has 0 aliphatic carbocycles. The molecular weight excluding hydrogens is 258 g/mol. The largest absolute Gasteiger partial charge is 0.312 e. The Morgan fingerprint density at radius 1 is 1.37 bits per heavy atom. The first-order chi connectivity index (χ1) is 8.74. The molecule has 1 atom stereocenters. The zero-order valence-corrected chi connectivity index (χ0v) is 13.9. The molecule has 1 N–H and O–H groups in total. The summed E-state index contributed by atoms with van der Waals surface area (Å²) in [6, 6.07) is 0. The SMILES string of the molecule is CCc1nn(C)c(CC(C)CCNC(C)(C)C)c1Cl. The summed E-state index contributed by atoms with van der Waals surface area (Å²) in [7, 11) is 1.99. The summed E-state index contributed by atoms with van der Waals surface area (Å²) >= 11 is 6.38. The number of halogens is 1. The van der Waals surface area contributed by atoms with Crippen LogP contribution in [-0.4, -0.2) is 21.9 Å². The molecule has 4 heteroatoms. The maximum absolute atomic E-state index is 6.38. The van der Waals surface area contributed by atoms with Crippen molar-refractivity contribution >= 4 is 11.6 Å². The van der Waals surface area contributed by atoms with Gasteiger partial charge in [-0.25, -0.2) is 0 Å². The minimum absolute atomic E-state index is 0.194. The standard InChI is InChI=1S/C15H28ClN3/c1-7-12-14(16)13(19(6)18-12)10-11(2)8-9-17-15(3,4)5/h11,17H,7-10H2,1-6H3. The lowest BCUT2D eigenvalue weighted by atomic mass is 10.0. The van der Waals surface area contributed by atoms with E-state index in [1.807, 2.05) is 11.7 Å². The van der Waals surface area contributed by atoms with E-state index in [0.29, 0.717) is 5.92 Å². The normalized spacial score (nSPS) is 13.8. The molecule has 1 rings (SSSR count). The van der Waals surface area contributed by atoms with Crippen molar-refractivity contribution in [3.63, 3.8) is 0 Å². The molecule has 0 bridgehead atoms. The molecule has 1 aromatic rings. The molecule has 0 aliphatic heterocycles. The molecule has 0 spiro atoms. The van der Waals surface area contributed by atoms with Crippen LogP contribution in [0, 0.1) is 5.92 Å². The molecular formula is C15H28ClN3. The fraction of sp³-hybridized carbons (Fsp3) is 0.800. The fourth-order valence-electron chi connectivity index (χ4n) is 2.17. The van der Waals surface area contributed by atoms with E-state index in [9.17, 15) is 0 Å². The molecule has 3 nitrogen and oxygen atoms in total. The average molecular weight is 286 g/mol. The second-order valence-electron chi connectivity index (χ2n) is 6.46. The Morgan fingerprint density at radius 2 is 2.00 bits per heavy atom. The monoisotopic (exact) mass is 285 g/mol. The number of hydrogen-bond donors (Lipinski definition) is 1. The third kappa shape index (κ3) is 5.15. The molecule has 0 saturated carbocycles. The highest BCUT2D eigenvalue weighted by molar-refractivity contribution is 6.31. The predicted octanol–water partition coefficient (Wildman–Crippen LogP) is 3.59. The molecule has 0 radical (unpaired) electrons. The van der Waals surface area contributed by atoms with Crippen molar-refractivity contribution in [1.29, 1.82) is 0 Å². The number of nitrogens with one attached hydrogen (secondary N) is 1. The number of rotatable bonds is 6. The van der Waals surface area contributed by atoms with E-state index in [1.165, 1.54) is 5.69 Å². The number of nitrogens with zero attached hydrogens (tertiary/aromatic N) is 2. The Bertz CT molecular complexity index is 404. The van der Waals surface area contributed by atoms with Crippen molar-refractivity contribution < 1.29 is 0 Å². The van der Waals surface area contributed by atoms with Gasteiger partial charge in [-0.05, 0) is 52.5 Å². The zero-order valence-electron chi connectivity index (χ0n) is 13.2. The zero-order chi connectivity index (χ0) is 14.6. The van der Waals surface area contributed by atoms with Gasteiger partial charge in [0.05, 0.1) is 16.4 Å². The molecule has 19 heavy (non-hydrogen) atoms. The molecule has 1 unspecified atom stereocenters. The van der Waals surface area contributed by atoms with Crippen molar-refractivity contribution in [2.45, 2.75) is 59.4 Å². The van der Waals surface area contributed by atoms with Crippen LogP contribution in [0.5, 0.6) is 0 Å². The van der Waals surface area contributed by atoms with Crippen LogP contribution in [0.15, 0.2) is 0 Å². The van der Waals surface area contributed by atoms with Crippen LogP contribution in [0.3, 0.4) is 0 Å². The molecule has 0 aliphatic rings. The van der Waals surface area contributed by atoms with Crippen LogP contribution in [0.1, 0.15) is 52.4 Å². The predicted molar refractivity (Wildman–Crippen MR) is 82.8 cm³/mol. The first-order valence-corrected chi connectivity index (χ1v) is 7.57. The van der Waals surface area contributed by atoms with E-state index in [2.05, 4.69) is 45.0 Å². The Balaban J connectivity index is 2.53. The van der Waals surface area contributed by atoms with Gasteiger partial charge in [0.1, 0.15) is 0 Å². The topological polar surface area (TPSA) is 29.9 Å². The highest BCUT2D eigenvalue weighted by atomic mass is 35.5. The highest BCUT2D eigenvalue weighted by Gasteiger charge is 2.16. The van der Waals surface area contributed by atoms with Crippen LogP contribution < -0.4 is 5.32 Å². The van der Waals surface area contributed by atoms with Gasteiger partial charge in [0.2, 0.25) is 0 Å². The Kier molecular flexibility index (Phi) is 5.87. The average Bonchev–Trinajstić information content (AvgIpc) is 2.54. The minimum Gasteiger partial charge on any atom is -0.312 e. The number of hydrogen-bond acceptors (Lipinski definition) is 2. The van der Waals surface area contributed by atoms with Crippen molar-refractivity contribution in [3.8, 4) is 0 Å². The highest BCUT2D eigenvalue weighted by Crippen LogP contribution is 2.24. The quantitative estimate of drug-likeness (QED) is 0.866. The maximum atomic E-state index is 6.38. The lowest BCUT2D eigenvalue weighted by Gasteiger charge is -2.22. The summed E-state index contributed by atoms with van der Waals surface area (Å²) in [5, 5.41) is 8.86. The van der Waals surface area contributed by atoms with Crippen molar-refractivity contribution in [3.05, 3.63) is 16.4 Å². The minimum atomic E-state index is 0.194. The van der Waals surface area contributed by atoms with E-state index < -0.39 is 0 Å². The molecule has 0 fully saturated rings. The van der Waals surface area contributed by atoms with E-state index in [4.69, 9.17) is 11.6 Å². The van der Waals surface area contributed by atoms with Gasteiger partial charge in [-0.2, -0.15) is 5.10 Å². The molecule has 1 aromatic heterocycles. The van der Waals surface area contributed by atoms with E-state index in [1.54, 1.807) is 0 Å². The molecule has 0 amide bonds. The first kappa shape index (κ1) is 16.5. The van der Waals surface area contributed by atoms with E-state index in [-0.39, 0.29) is 5.54 Å². The van der Waals surface area contributed by atoms with Crippen molar-refractivity contribution in [2.75, 3.05) is 6.54 Å². The summed E-state index contributed by atoms with van der Waals surface area (Å²) < 4.78 is 1.94. The van der Waals surface area contributed by atoms with E-state index in [0.717, 1.165) is 36.5 Å². The van der Waals surface area contributed by atoms with E-state index >= 15 is 0 Å². The molecule has 0 aromatic carbocycles. The van der Waals surface area contributed by atoms with Gasteiger partial charge in [0.15, 0.2) is 0 Å². The van der Waals surface area contributed by atoms with Gasteiger partial charge in [0.25, 0.3) is 0 Å². The Hall–Kier alpha value is -0.540. The van der Waals surface area contributed by atoms with Crippen LogP contribution in [0.2, 0.25) is 5.02 Å². The van der Waals surface area contributed by atoms with Crippen LogP contribution >= 0.6 is 11.6 Å². The Labute approximate surface area is 122 Å². The van der Waals surface area contributed by atoms with Crippen LogP contribution in [-0.2, 0) is 19.9 Å². The summed E-state index contributed by atoms with van der Waals surface area (Å²) in [5.41, 5.74) is 2.38. The molecule has 1 heterocycles. The smallest absolute Gasteiger partial charge is 0.0849 e. The Morgan fingerprint density at radius 3 is 2.47 bits per heavy atom. The number of aryl methyl sites for hydroxylation is 2. The summed E-state index contributed by atoms with van der Waals surface area (Å²) in [5.74, 6) is 0.604. The second kappa shape index (κ2) is 6.76. The van der Waals surface area contributed by atoms with Gasteiger partial charge in [-0.15, -0.1) is 0 Å². The van der Waals surface area contributed by atoms with Crippen molar-refractivity contribution in [1.82, 2.24) is 15.1 Å². The maximum Gasteiger partial charge on any atom is 0.0849 e. The third-order valence-electron chi connectivity index (χ3n) is 3.34. The lowest BCUT2D eigenvalue weighted by Crippen LogP contribution is -2.37. The van der Waals surface area contributed by atoms with Gasteiger partial charge in [-0.3, -0.25) is 4.68 Å². The number of aromatic nitrogens is 2. The van der Waals surface area contributed by atoms with Gasteiger partial charge in [-0.1, -0.05) is 25.4 Å². The van der Waals surface area contributed by atoms with Gasteiger partial charge >= 0.3 is 0 Å². The van der Waals surface area contributed by atoms with Crippen LogP contribution in [0.25, 0.3) is 0 Å². The summed E-state index contributed by atoms with van der Waals surface area (Å²) in [6.45, 7) is 12.0. The van der Waals surface area contributed by atoms with Crippen LogP contribution in [0.4, 0.5) is 0 Å². The summed E-state index contributed by atoms with van der Waals surface area (Å²) in [4.78, 5) is 0. The third-order valence-corrected chi connectivity index (χ3v) is 3.77. The van der Waals surface area contributed by atoms with Gasteiger partial charge in [0, 0.05) is 12.6 Å². The fourth-order valence-corrected chi connectivity index (χ4v) is 2.54.